The fourth-order valence-corrected chi connectivity index (χ4v) is 6.24. The largest absolute Gasteiger partial charge is 0.366 e. The van der Waals surface area contributed by atoms with Crippen LogP contribution in [0.25, 0.3) is 0 Å². The van der Waals surface area contributed by atoms with E-state index in [2.05, 4.69) is 71.0 Å². The van der Waals surface area contributed by atoms with Gasteiger partial charge in [0.2, 0.25) is 17.7 Å². The van der Waals surface area contributed by atoms with Gasteiger partial charge in [-0.2, -0.15) is 4.99 Å². The summed E-state index contributed by atoms with van der Waals surface area (Å²) >= 11 is 16.8. The van der Waals surface area contributed by atoms with Crippen molar-refractivity contribution in [1.29, 1.82) is 1.28 Å². The van der Waals surface area contributed by atoms with Crippen molar-refractivity contribution >= 4 is 144 Å². The number of halogens is 1. The summed E-state index contributed by atoms with van der Waals surface area (Å²) in [7, 11) is 0. The molecular formula is C56H85IN9O9PS3. The molecule has 23 heteroatoms. The van der Waals surface area contributed by atoms with Crippen LogP contribution in [0.4, 0.5) is 11.4 Å². The number of anilines is 1. The number of thiocarbonyl (C=S) groups is 3. The monoisotopic (exact) mass is 1280 g/mol. The molecule has 4 rings (SSSR count). The molecule has 3 aromatic carbocycles. The van der Waals surface area contributed by atoms with Crippen LogP contribution in [-0.2, 0) is 43.2 Å². The van der Waals surface area contributed by atoms with Gasteiger partial charge in [-0.1, -0.05) is 136 Å². The first-order chi connectivity index (χ1) is 36.3. The first kappa shape index (κ1) is 77.8. The van der Waals surface area contributed by atoms with Gasteiger partial charge in [0.25, 0.3) is 5.91 Å². The number of isothiocyanates is 1. The van der Waals surface area contributed by atoms with Gasteiger partial charge in [0, 0.05) is 30.2 Å². The number of para-hydroxylation sites is 2. The maximum Gasteiger partial charge on any atom is 0.255 e. The molecule has 1 saturated heterocycles. The van der Waals surface area contributed by atoms with Crippen LogP contribution in [0.2, 0.25) is 0 Å². The highest BCUT2D eigenvalue weighted by Crippen LogP contribution is 2.19. The standard InChI is InChI=1S/C18H24N2O3S.C11H20N2O3.C10H10N2OS.C7H14N2O2.C7H5NS.CH4IP.2CH4/c1-11(17(23)19-12(2)14(4)21)10-16(22)13(3)20-18(24)15-8-6-5-7-9-15;1-6(5-10(15)7(2)12)11(16)13-8(3)9(4)14;1-7-9(13)12(10(14)11-7)8-5-3-2-4-6-8;1-4(8)7(11)9-5(2)6(3)10;9-6-8-7-4-2-1-3-5-7;1-3-2;;/h5-9,11-13H,10H2,1-4H3,(H,19,23)(H,20,24);6-8H,5,12H2,1-4H3,(H,13,16);2-7H,1H3,(H,11,14);4-5H,8H2,1-3H3,(H,9,11);1-5H;3H,1H3;2*1H4/i;;;;;3T;;. The maximum absolute atomic E-state index is 12.3. The predicted octanol–water partition coefficient (Wildman–Crippen LogP) is 8.11. The average Bonchev–Trinajstić information content (AvgIpc) is 3.63. The molecule has 9 N–H and O–H groups in total. The molecule has 0 aromatic heterocycles. The van der Waals surface area contributed by atoms with Crippen LogP contribution in [0.1, 0.15) is 116 Å². The number of Topliss-reactive ketones (excluding diaryl/α,β-unsaturated/α-hetero) is 5. The Morgan fingerprint density at radius 3 is 1.38 bits per heavy atom. The Kier molecular flexibility index (Phi) is 43.6. The first-order valence-corrected chi connectivity index (χ1v) is 29.7. The Morgan fingerprint density at radius 2 is 1.04 bits per heavy atom. The minimum atomic E-state index is -0.559. The van der Waals surface area contributed by atoms with Gasteiger partial charge in [-0.05, 0) is 125 Å². The van der Waals surface area contributed by atoms with Crippen LogP contribution < -0.4 is 43.0 Å². The van der Waals surface area contributed by atoms with Crippen molar-refractivity contribution in [3.05, 3.63) is 96.6 Å². The topological polar surface area (TPSA) is 281 Å². The normalized spacial score (nSPS) is 15.2. The second kappa shape index (κ2) is 44.3. The number of nitrogens with one attached hydrogen (secondary N) is 5. The highest BCUT2D eigenvalue weighted by molar-refractivity contribution is 14.2. The molecule has 1 aliphatic rings. The van der Waals surface area contributed by atoms with E-state index < -0.39 is 54.3 Å². The SMILES string of the molecule is C.C.CC(=O)C(C)NC(=O)C(C)CC(=O)C(C)N.CC(=O)C(C)NC(=O)C(C)CC(=O)C(C)NC(=S)c1ccccc1.CC(=O)C(C)NC(=O)C(C)N.CC1NC(=S)N(c2ccccc2)C1=O.S=C=Nc1ccccc1.[3H]P(C)I. The van der Waals surface area contributed by atoms with Gasteiger partial charge >= 0.3 is 0 Å². The molecule has 438 valence electrons. The number of nitrogens with two attached hydrogens (primary N) is 2. The van der Waals surface area contributed by atoms with E-state index in [1.165, 1.54) is 25.7 Å². The predicted molar refractivity (Wildman–Crippen MR) is 342 cm³/mol. The molecule has 1 fully saturated rings. The lowest BCUT2D eigenvalue weighted by Gasteiger charge is -2.18. The van der Waals surface area contributed by atoms with E-state index >= 15 is 0 Å². The fourth-order valence-electron chi connectivity index (χ4n) is 5.44. The Labute approximate surface area is 501 Å². The minimum absolute atomic E-state index is 0. The number of rotatable bonds is 19. The zero-order valence-corrected chi connectivity index (χ0v) is 51.5. The number of nitrogens with zero attached hydrogens (tertiary/aromatic N) is 2. The summed E-state index contributed by atoms with van der Waals surface area (Å²) in [6.07, 6.45) is -0.210. The number of benzene rings is 3. The molecule has 3 aromatic rings. The molecule has 79 heavy (non-hydrogen) atoms. The lowest BCUT2D eigenvalue weighted by molar-refractivity contribution is -0.131. The quantitative estimate of drug-likeness (QED) is 0.0258. The van der Waals surface area contributed by atoms with Crippen molar-refractivity contribution < 1.29 is 43.2 Å². The maximum atomic E-state index is 12.3. The third-order valence-electron chi connectivity index (χ3n) is 10.7. The summed E-state index contributed by atoms with van der Waals surface area (Å²) in [5.74, 6) is -2.42. The number of aliphatic imine (C=N–C) groups is 1. The van der Waals surface area contributed by atoms with E-state index in [9.17, 15) is 43.2 Å². The van der Waals surface area contributed by atoms with Gasteiger partial charge in [0.1, 0.15) is 16.8 Å². The third kappa shape index (κ3) is 35.0. The number of amides is 4. The first-order valence-electron chi connectivity index (χ1n) is 24.8. The minimum Gasteiger partial charge on any atom is -0.366 e. The van der Waals surface area contributed by atoms with E-state index in [1.807, 2.05) is 97.7 Å². The van der Waals surface area contributed by atoms with Crippen molar-refractivity contribution in [2.24, 2.45) is 28.3 Å². The molecule has 0 spiro atoms. The van der Waals surface area contributed by atoms with E-state index in [4.69, 9.17) is 37.2 Å². The lowest BCUT2D eigenvalue weighted by atomic mass is 9.99. The number of hydrogen-bond donors (Lipinski definition) is 7. The summed E-state index contributed by atoms with van der Waals surface area (Å²) in [4.78, 5) is 108. The van der Waals surface area contributed by atoms with Crippen LogP contribution in [0.3, 0.4) is 0 Å². The van der Waals surface area contributed by atoms with E-state index in [-0.39, 0.29) is 86.3 Å². The summed E-state index contributed by atoms with van der Waals surface area (Å²) < 4.78 is 6.63. The van der Waals surface area contributed by atoms with Crippen LogP contribution in [0.5, 0.6) is 0 Å². The highest BCUT2D eigenvalue weighted by Gasteiger charge is 2.33. The number of carbonyl (C=O) groups excluding carboxylic acids is 9. The van der Waals surface area contributed by atoms with Crippen LogP contribution in [-0.4, -0.2) is 118 Å². The van der Waals surface area contributed by atoms with Crippen LogP contribution in [0.15, 0.2) is 96.0 Å². The van der Waals surface area contributed by atoms with Crippen molar-refractivity contribution in [2.75, 3.05) is 11.6 Å². The van der Waals surface area contributed by atoms with Crippen molar-refractivity contribution in [2.45, 2.75) is 153 Å². The van der Waals surface area contributed by atoms with Crippen molar-refractivity contribution in [3.63, 3.8) is 0 Å². The molecule has 1 heterocycles. The van der Waals surface area contributed by atoms with Crippen LogP contribution >= 0.6 is 64.9 Å². The average molecular weight is 1280 g/mol. The molecule has 1 aliphatic heterocycles. The Morgan fingerprint density at radius 1 is 0.671 bits per heavy atom. The molecule has 18 nitrogen and oxygen atoms in total. The van der Waals surface area contributed by atoms with Crippen molar-refractivity contribution in [1.82, 2.24) is 26.6 Å². The molecule has 0 aliphatic carbocycles. The van der Waals surface area contributed by atoms with Crippen molar-refractivity contribution in [3.8, 4) is 0 Å². The number of carbonyl (C=O) groups is 9. The summed E-state index contributed by atoms with van der Waals surface area (Å²) in [5, 5.41) is 16.3. The second-order valence-corrected chi connectivity index (χ2v) is 21.9. The zero-order chi connectivity index (χ0) is 60.4. The highest BCUT2D eigenvalue weighted by atomic mass is 127. The second-order valence-electron chi connectivity index (χ2n) is 17.7. The summed E-state index contributed by atoms with van der Waals surface area (Å²) in [5.41, 5.74) is 13.2. The molecule has 0 saturated carbocycles. The Hall–Kier alpha value is -5.45. The van der Waals surface area contributed by atoms with Crippen LogP contribution in [0, 0.1) is 11.8 Å². The number of ketones is 5. The number of hydrogen-bond acceptors (Lipinski definition) is 15. The molecular weight excluding hydrogens is 1200 g/mol. The fraction of sp³-hybridized carbons (Fsp3) is 0.464. The van der Waals surface area contributed by atoms with E-state index in [0.717, 1.165) is 16.9 Å². The van der Waals surface area contributed by atoms with Gasteiger partial charge < -0.3 is 38.1 Å². The van der Waals surface area contributed by atoms with Gasteiger partial charge in [-0.15, -0.1) is 0 Å². The summed E-state index contributed by atoms with van der Waals surface area (Å²) in [6.45, 7) is 21.0. The Balaban J connectivity index is -0.000000457. The van der Waals surface area contributed by atoms with E-state index in [0.29, 0.717) is 10.1 Å². The van der Waals surface area contributed by atoms with Gasteiger partial charge in [0.05, 0.1) is 54.1 Å². The molecule has 0 bridgehead atoms. The third-order valence-corrected chi connectivity index (χ3v) is 11.4. The Bertz CT molecular complexity index is 2490. The molecule has 10 unspecified atom stereocenters. The van der Waals surface area contributed by atoms with Gasteiger partial charge in [0.15, 0.2) is 28.2 Å². The van der Waals surface area contributed by atoms with Gasteiger partial charge in [-0.3, -0.25) is 48.1 Å². The lowest BCUT2D eigenvalue weighted by Crippen LogP contribution is -2.45. The van der Waals surface area contributed by atoms with Gasteiger partial charge in [-0.25, -0.2) is 0 Å². The smallest absolute Gasteiger partial charge is 0.255 e. The molecule has 0 radical (unpaired) electrons. The summed E-state index contributed by atoms with van der Waals surface area (Å²) in [6, 6.07) is 25.0. The molecule has 10 atom stereocenters. The zero-order valence-electron chi connectivity index (χ0n) is 47.0. The van der Waals surface area contributed by atoms with E-state index in [1.54, 1.807) is 62.3 Å². The molecule has 4 amide bonds.